The quantitative estimate of drug-likeness (QED) is 0.869. The SMILES string of the molecule is Cc1nnc(CN2CCN(c3ccc(Cl)cc3)CC2)o1. The second-order valence-electron chi connectivity index (χ2n) is 4.95. The number of hydrogen-bond acceptors (Lipinski definition) is 5. The molecule has 2 aromatic rings. The van der Waals surface area contributed by atoms with Crippen LogP contribution in [0.2, 0.25) is 5.02 Å². The second-order valence-corrected chi connectivity index (χ2v) is 5.39. The predicted molar refractivity (Wildman–Crippen MR) is 78.0 cm³/mol. The predicted octanol–water partition coefficient (Wildman–Crippen LogP) is 2.35. The van der Waals surface area contributed by atoms with E-state index in [9.17, 15) is 0 Å². The number of aromatic nitrogens is 2. The Morgan fingerprint density at radius 2 is 1.80 bits per heavy atom. The van der Waals surface area contributed by atoms with Crippen molar-refractivity contribution in [2.75, 3.05) is 31.1 Å². The summed E-state index contributed by atoms with van der Waals surface area (Å²) >= 11 is 5.92. The molecule has 0 spiro atoms. The molecule has 0 amide bonds. The lowest BCUT2D eigenvalue weighted by molar-refractivity contribution is 0.225. The summed E-state index contributed by atoms with van der Waals surface area (Å²) in [7, 11) is 0. The van der Waals surface area contributed by atoms with E-state index in [0.29, 0.717) is 11.8 Å². The Balaban J connectivity index is 1.55. The van der Waals surface area contributed by atoms with Gasteiger partial charge in [0, 0.05) is 43.8 Å². The van der Waals surface area contributed by atoms with Gasteiger partial charge in [0.2, 0.25) is 11.8 Å². The zero-order valence-electron chi connectivity index (χ0n) is 11.4. The number of halogens is 1. The van der Waals surface area contributed by atoms with Gasteiger partial charge in [0.15, 0.2) is 0 Å². The molecule has 0 saturated carbocycles. The molecule has 6 heteroatoms. The molecule has 0 unspecified atom stereocenters. The third-order valence-corrected chi connectivity index (χ3v) is 3.74. The molecule has 0 aliphatic carbocycles. The van der Waals surface area contributed by atoms with Crippen molar-refractivity contribution >= 4 is 17.3 Å². The van der Waals surface area contributed by atoms with E-state index in [4.69, 9.17) is 16.0 Å². The Morgan fingerprint density at radius 1 is 1.10 bits per heavy atom. The van der Waals surface area contributed by atoms with Crippen molar-refractivity contribution in [3.8, 4) is 0 Å². The molecule has 0 bridgehead atoms. The fourth-order valence-corrected chi connectivity index (χ4v) is 2.53. The molecule has 1 saturated heterocycles. The van der Waals surface area contributed by atoms with E-state index < -0.39 is 0 Å². The number of rotatable bonds is 3. The maximum atomic E-state index is 5.92. The number of nitrogens with zero attached hydrogens (tertiary/aromatic N) is 4. The molecule has 1 aromatic heterocycles. The third kappa shape index (κ3) is 3.11. The average molecular weight is 293 g/mol. The van der Waals surface area contributed by atoms with Crippen LogP contribution in [0, 0.1) is 6.92 Å². The normalized spacial score (nSPS) is 16.6. The highest BCUT2D eigenvalue weighted by Gasteiger charge is 2.18. The summed E-state index contributed by atoms with van der Waals surface area (Å²) in [6, 6.07) is 8.01. The molecular weight excluding hydrogens is 276 g/mol. The lowest BCUT2D eigenvalue weighted by Gasteiger charge is -2.35. The van der Waals surface area contributed by atoms with Gasteiger partial charge in [0.25, 0.3) is 0 Å². The molecule has 5 nitrogen and oxygen atoms in total. The largest absolute Gasteiger partial charge is 0.424 e. The van der Waals surface area contributed by atoms with Crippen molar-refractivity contribution < 1.29 is 4.42 Å². The molecule has 106 valence electrons. The van der Waals surface area contributed by atoms with Crippen LogP contribution >= 0.6 is 11.6 Å². The molecule has 20 heavy (non-hydrogen) atoms. The van der Waals surface area contributed by atoms with Crippen LogP contribution in [0.15, 0.2) is 28.7 Å². The second kappa shape index (κ2) is 5.81. The zero-order chi connectivity index (χ0) is 13.9. The highest BCUT2D eigenvalue weighted by molar-refractivity contribution is 6.30. The molecule has 1 aliphatic heterocycles. The fraction of sp³-hybridized carbons (Fsp3) is 0.429. The van der Waals surface area contributed by atoms with Crippen molar-refractivity contribution in [1.29, 1.82) is 0 Å². The number of benzene rings is 1. The van der Waals surface area contributed by atoms with Gasteiger partial charge in [-0.2, -0.15) is 0 Å². The molecular formula is C14H17ClN4O. The van der Waals surface area contributed by atoms with Gasteiger partial charge in [0.1, 0.15) is 0 Å². The smallest absolute Gasteiger partial charge is 0.230 e. The summed E-state index contributed by atoms with van der Waals surface area (Å²) in [4.78, 5) is 4.70. The Bertz CT molecular complexity index is 561. The number of hydrogen-bond donors (Lipinski definition) is 0. The van der Waals surface area contributed by atoms with Crippen molar-refractivity contribution in [3.63, 3.8) is 0 Å². The monoisotopic (exact) mass is 292 g/mol. The Hall–Kier alpha value is -1.59. The first kappa shape index (κ1) is 13.4. The van der Waals surface area contributed by atoms with Gasteiger partial charge in [-0.15, -0.1) is 10.2 Å². The summed E-state index contributed by atoms with van der Waals surface area (Å²) in [6.45, 7) is 6.52. The van der Waals surface area contributed by atoms with Gasteiger partial charge < -0.3 is 9.32 Å². The van der Waals surface area contributed by atoms with Crippen LogP contribution < -0.4 is 4.90 Å². The van der Waals surface area contributed by atoms with Gasteiger partial charge in [0.05, 0.1) is 6.54 Å². The maximum Gasteiger partial charge on any atom is 0.230 e. The van der Waals surface area contributed by atoms with Crippen molar-refractivity contribution in [2.24, 2.45) is 0 Å². The van der Waals surface area contributed by atoms with Gasteiger partial charge in [-0.3, -0.25) is 4.90 Å². The van der Waals surface area contributed by atoms with E-state index in [1.807, 2.05) is 19.1 Å². The van der Waals surface area contributed by atoms with E-state index in [0.717, 1.165) is 37.7 Å². The molecule has 0 radical (unpaired) electrons. The Morgan fingerprint density at radius 3 is 2.40 bits per heavy atom. The van der Waals surface area contributed by atoms with Gasteiger partial charge in [-0.1, -0.05) is 11.6 Å². The van der Waals surface area contributed by atoms with Crippen LogP contribution in [-0.4, -0.2) is 41.3 Å². The molecule has 1 aromatic carbocycles. The average Bonchev–Trinajstić information content (AvgIpc) is 2.86. The standard InChI is InChI=1S/C14H17ClN4O/c1-11-16-17-14(20-11)10-18-6-8-19(9-7-18)13-4-2-12(15)3-5-13/h2-5H,6-10H2,1H3. The van der Waals surface area contributed by atoms with E-state index in [2.05, 4.69) is 32.1 Å². The van der Waals surface area contributed by atoms with Crippen LogP contribution in [0.25, 0.3) is 0 Å². The summed E-state index contributed by atoms with van der Waals surface area (Å²) in [5, 5.41) is 8.67. The fourth-order valence-electron chi connectivity index (χ4n) is 2.41. The number of piperazine rings is 1. The van der Waals surface area contributed by atoms with Crippen LogP contribution in [0.3, 0.4) is 0 Å². The molecule has 0 atom stereocenters. The third-order valence-electron chi connectivity index (χ3n) is 3.49. The molecule has 0 N–H and O–H groups in total. The highest BCUT2D eigenvalue weighted by Crippen LogP contribution is 2.19. The first-order chi connectivity index (χ1) is 9.70. The first-order valence-electron chi connectivity index (χ1n) is 6.72. The first-order valence-corrected chi connectivity index (χ1v) is 7.10. The van der Waals surface area contributed by atoms with Gasteiger partial charge >= 0.3 is 0 Å². The van der Waals surface area contributed by atoms with E-state index in [1.165, 1.54) is 5.69 Å². The summed E-state index contributed by atoms with van der Waals surface area (Å²) < 4.78 is 5.42. The molecule has 1 aliphatic rings. The minimum atomic E-state index is 0.625. The zero-order valence-corrected chi connectivity index (χ0v) is 12.2. The maximum absolute atomic E-state index is 5.92. The molecule has 2 heterocycles. The minimum absolute atomic E-state index is 0.625. The number of aryl methyl sites for hydroxylation is 1. The van der Waals surface area contributed by atoms with E-state index in [-0.39, 0.29) is 0 Å². The van der Waals surface area contributed by atoms with Crippen LogP contribution in [0.4, 0.5) is 5.69 Å². The van der Waals surface area contributed by atoms with E-state index >= 15 is 0 Å². The lowest BCUT2D eigenvalue weighted by atomic mass is 10.2. The van der Waals surface area contributed by atoms with Crippen molar-refractivity contribution in [3.05, 3.63) is 41.1 Å². The van der Waals surface area contributed by atoms with Gasteiger partial charge in [-0.25, -0.2) is 0 Å². The summed E-state index contributed by atoms with van der Waals surface area (Å²) in [5.74, 6) is 1.32. The number of anilines is 1. The Labute approximate surface area is 123 Å². The minimum Gasteiger partial charge on any atom is -0.424 e. The van der Waals surface area contributed by atoms with Gasteiger partial charge in [-0.05, 0) is 24.3 Å². The molecule has 3 rings (SSSR count). The lowest BCUT2D eigenvalue weighted by Crippen LogP contribution is -2.46. The summed E-state index contributed by atoms with van der Waals surface area (Å²) in [6.07, 6.45) is 0. The van der Waals surface area contributed by atoms with Crippen LogP contribution in [-0.2, 0) is 6.54 Å². The highest BCUT2D eigenvalue weighted by atomic mass is 35.5. The topological polar surface area (TPSA) is 45.4 Å². The van der Waals surface area contributed by atoms with Crippen molar-refractivity contribution in [1.82, 2.24) is 15.1 Å². The summed E-state index contributed by atoms with van der Waals surface area (Å²) in [5.41, 5.74) is 1.22. The van der Waals surface area contributed by atoms with Crippen molar-refractivity contribution in [2.45, 2.75) is 13.5 Å². The molecule has 1 fully saturated rings. The van der Waals surface area contributed by atoms with E-state index in [1.54, 1.807) is 0 Å². The van der Waals surface area contributed by atoms with Crippen LogP contribution in [0.5, 0.6) is 0 Å². The Kier molecular flexibility index (Phi) is 3.89. The van der Waals surface area contributed by atoms with Crippen LogP contribution in [0.1, 0.15) is 11.8 Å².